The van der Waals surface area contributed by atoms with Gasteiger partial charge in [-0.1, -0.05) is 19.9 Å². The molecule has 0 amide bonds. The van der Waals surface area contributed by atoms with Gasteiger partial charge in [0.2, 0.25) is 0 Å². The van der Waals surface area contributed by atoms with Crippen molar-refractivity contribution in [2.24, 2.45) is 5.92 Å². The fraction of sp³-hybridized carbons (Fsp3) is 0.571. The highest BCUT2D eigenvalue weighted by molar-refractivity contribution is 5.86. The van der Waals surface area contributed by atoms with E-state index in [1.165, 1.54) is 19.0 Å². The van der Waals surface area contributed by atoms with Crippen molar-refractivity contribution in [3.05, 3.63) is 29.6 Å². The molecule has 98 valence electrons. The molecule has 0 bridgehead atoms. The Morgan fingerprint density at radius 1 is 1.61 bits per heavy atom. The predicted molar refractivity (Wildman–Crippen MR) is 69.5 cm³/mol. The number of nitrogens with zero attached hydrogens (tertiary/aromatic N) is 2. The van der Waals surface area contributed by atoms with Crippen molar-refractivity contribution in [1.82, 2.24) is 9.88 Å². The maximum Gasteiger partial charge on any atom is 0.354 e. The van der Waals surface area contributed by atoms with Crippen LogP contribution in [0.25, 0.3) is 0 Å². The minimum absolute atomic E-state index is 0.187. The average molecular weight is 248 g/mol. The first kappa shape index (κ1) is 13.0. The fourth-order valence-electron chi connectivity index (χ4n) is 2.78. The molecule has 1 aromatic heterocycles. The number of carbonyl (C=O) groups is 1. The van der Waals surface area contributed by atoms with E-state index < -0.39 is 5.97 Å². The molecule has 1 aliphatic heterocycles. The molecule has 1 N–H and O–H groups in total. The van der Waals surface area contributed by atoms with Crippen molar-refractivity contribution in [3.63, 3.8) is 0 Å². The molecule has 2 rings (SSSR count). The van der Waals surface area contributed by atoms with E-state index in [1.54, 1.807) is 0 Å². The molecule has 1 fully saturated rings. The van der Waals surface area contributed by atoms with Crippen LogP contribution in [0.3, 0.4) is 0 Å². The summed E-state index contributed by atoms with van der Waals surface area (Å²) in [5, 5.41) is 9.13. The summed E-state index contributed by atoms with van der Waals surface area (Å²) in [6.07, 6.45) is 3.95. The van der Waals surface area contributed by atoms with Crippen molar-refractivity contribution >= 4 is 5.97 Å². The van der Waals surface area contributed by atoms with Crippen LogP contribution in [0.1, 0.15) is 42.7 Å². The molecule has 1 aliphatic rings. The number of rotatable bonds is 4. The van der Waals surface area contributed by atoms with Gasteiger partial charge in [-0.15, -0.1) is 0 Å². The lowest BCUT2D eigenvalue weighted by atomic mass is 10.0. The van der Waals surface area contributed by atoms with Gasteiger partial charge in [-0.2, -0.15) is 0 Å². The Bertz CT molecular complexity index is 432. The van der Waals surface area contributed by atoms with Gasteiger partial charge in [-0.25, -0.2) is 9.78 Å². The van der Waals surface area contributed by atoms with Gasteiger partial charge in [0.25, 0.3) is 0 Å². The van der Waals surface area contributed by atoms with Gasteiger partial charge in [-0.05, 0) is 36.9 Å². The van der Waals surface area contributed by atoms with Gasteiger partial charge < -0.3 is 5.11 Å². The quantitative estimate of drug-likeness (QED) is 0.889. The van der Waals surface area contributed by atoms with Gasteiger partial charge in [0.05, 0.1) is 0 Å². The molecular formula is C14H20N2O2. The van der Waals surface area contributed by atoms with E-state index in [9.17, 15) is 4.79 Å². The summed E-state index contributed by atoms with van der Waals surface area (Å²) in [7, 11) is 0. The van der Waals surface area contributed by atoms with Gasteiger partial charge >= 0.3 is 5.97 Å². The molecule has 1 atom stereocenters. The van der Waals surface area contributed by atoms with Crippen LogP contribution in [0.4, 0.5) is 0 Å². The fourth-order valence-corrected chi connectivity index (χ4v) is 2.78. The number of aromatic carboxylic acids is 1. The molecule has 0 radical (unpaired) electrons. The Morgan fingerprint density at radius 3 is 3.06 bits per heavy atom. The van der Waals surface area contributed by atoms with E-state index in [0.717, 1.165) is 12.1 Å². The van der Waals surface area contributed by atoms with Crippen molar-refractivity contribution in [3.8, 4) is 0 Å². The van der Waals surface area contributed by atoms with Gasteiger partial charge in [0, 0.05) is 18.8 Å². The summed E-state index contributed by atoms with van der Waals surface area (Å²) >= 11 is 0. The molecule has 0 saturated carbocycles. The maximum atomic E-state index is 11.1. The number of hydrogen-bond donors (Lipinski definition) is 1. The lowest BCUT2D eigenvalue weighted by Gasteiger charge is -2.27. The molecule has 1 aromatic rings. The van der Waals surface area contributed by atoms with E-state index in [4.69, 9.17) is 5.11 Å². The summed E-state index contributed by atoms with van der Waals surface area (Å²) in [6, 6.07) is 4.24. The number of hydrogen-bond acceptors (Lipinski definition) is 3. The summed E-state index contributed by atoms with van der Waals surface area (Å²) in [4.78, 5) is 17.5. The smallest absolute Gasteiger partial charge is 0.354 e. The molecule has 18 heavy (non-hydrogen) atoms. The van der Waals surface area contributed by atoms with E-state index >= 15 is 0 Å². The minimum Gasteiger partial charge on any atom is -0.477 e. The Morgan fingerprint density at radius 2 is 2.39 bits per heavy atom. The number of carboxylic acids is 1. The Labute approximate surface area is 108 Å². The summed E-state index contributed by atoms with van der Waals surface area (Å²) in [5.41, 5.74) is 1.00. The van der Waals surface area contributed by atoms with Crippen LogP contribution in [-0.4, -0.2) is 33.5 Å². The minimum atomic E-state index is -0.939. The zero-order valence-electron chi connectivity index (χ0n) is 11.0. The van der Waals surface area contributed by atoms with Gasteiger partial charge in [-0.3, -0.25) is 4.90 Å². The van der Waals surface area contributed by atoms with E-state index in [0.29, 0.717) is 18.5 Å². The number of pyridine rings is 1. The Hall–Kier alpha value is -1.42. The molecule has 2 heterocycles. The highest BCUT2D eigenvalue weighted by Crippen LogP contribution is 2.26. The number of carboxylic acid groups (broad SMARTS) is 1. The van der Waals surface area contributed by atoms with Crippen LogP contribution in [0.2, 0.25) is 0 Å². The Balaban J connectivity index is 2.16. The van der Waals surface area contributed by atoms with Gasteiger partial charge in [0.1, 0.15) is 0 Å². The molecule has 0 aliphatic carbocycles. The highest BCUT2D eigenvalue weighted by atomic mass is 16.4. The molecule has 1 unspecified atom stereocenters. The molecule has 4 heteroatoms. The summed E-state index contributed by atoms with van der Waals surface area (Å²) in [6.45, 7) is 6.20. The first-order valence-corrected chi connectivity index (χ1v) is 6.51. The summed E-state index contributed by atoms with van der Waals surface area (Å²) in [5.74, 6) is -0.330. The van der Waals surface area contributed by atoms with Crippen molar-refractivity contribution in [1.29, 1.82) is 0 Å². The number of likely N-dealkylation sites (tertiary alicyclic amines) is 1. The Kier molecular flexibility index (Phi) is 3.97. The number of aromatic nitrogens is 1. The molecule has 4 nitrogen and oxygen atoms in total. The van der Waals surface area contributed by atoms with Gasteiger partial charge in [0.15, 0.2) is 5.69 Å². The largest absolute Gasteiger partial charge is 0.477 e. The van der Waals surface area contributed by atoms with Crippen LogP contribution in [0.15, 0.2) is 18.3 Å². The molecular weight excluding hydrogens is 228 g/mol. The van der Waals surface area contributed by atoms with Crippen molar-refractivity contribution in [2.75, 3.05) is 6.54 Å². The normalized spacial score (nSPS) is 20.5. The first-order valence-electron chi connectivity index (χ1n) is 6.51. The van der Waals surface area contributed by atoms with E-state index in [1.807, 2.05) is 12.1 Å². The highest BCUT2D eigenvalue weighted by Gasteiger charge is 2.28. The molecule has 0 aromatic carbocycles. The van der Waals surface area contributed by atoms with Crippen molar-refractivity contribution < 1.29 is 9.90 Å². The standard InChI is InChI=1S/C14H20N2O2/c1-10(2)12-6-4-8-16(12)9-11-5-3-7-15-13(11)14(17)18/h3,5,7,10,12H,4,6,8-9H2,1-2H3,(H,17,18). The van der Waals surface area contributed by atoms with Crippen LogP contribution in [0, 0.1) is 5.92 Å². The first-order chi connectivity index (χ1) is 8.59. The van der Waals surface area contributed by atoms with Crippen LogP contribution in [-0.2, 0) is 6.54 Å². The zero-order chi connectivity index (χ0) is 13.1. The molecule has 0 spiro atoms. The average Bonchev–Trinajstić information content (AvgIpc) is 2.77. The van der Waals surface area contributed by atoms with Crippen molar-refractivity contribution in [2.45, 2.75) is 39.3 Å². The van der Waals surface area contributed by atoms with Crippen LogP contribution in [0.5, 0.6) is 0 Å². The third-order valence-electron chi connectivity index (χ3n) is 3.65. The second-order valence-electron chi connectivity index (χ2n) is 5.24. The molecule has 1 saturated heterocycles. The SMILES string of the molecule is CC(C)C1CCCN1Cc1cccnc1C(=O)O. The third-order valence-corrected chi connectivity index (χ3v) is 3.65. The topological polar surface area (TPSA) is 53.4 Å². The third kappa shape index (κ3) is 2.70. The lowest BCUT2D eigenvalue weighted by Crippen LogP contribution is -2.33. The maximum absolute atomic E-state index is 11.1. The predicted octanol–water partition coefficient (Wildman–Crippen LogP) is 2.40. The second-order valence-corrected chi connectivity index (χ2v) is 5.24. The second kappa shape index (κ2) is 5.48. The monoisotopic (exact) mass is 248 g/mol. The van der Waals surface area contributed by atoms with Crippen LogP contribution >= 0.6 is 0 Å². The van der Waals surface area contributed by atoms with Crippen LogP contribution < -0.4 is 0 Å². The lowest BCUT2D eigenvalue weighted by molar-refractivity contribution is 0.0687. The van der Waals surface area contributed by atoms with E-state index in [2.05, 4.69) is 23.7 Å². The van der Waals surface area contributed by atoms with E-state index in [-0.39, 0.29) is 5.69 Å². The zero-order valence-corrected chi connectivity index (χ0v) is 11.0. The summed E-state index contributed by atoms with van der Waals surface area (Å²) < 4.78 is 0.